The van der Waals surface area contributed by atoms with Crippen molar-refractivity contribution < 1.29 is 22.8 Å². The van der Waals surface area contributed by atoms with E-state index in [0.29, 0.717) is 4.90 Å². The maximum atomic E-state index is 12.4. The van der Waals surface area contributed by atoms with Crippen molar-refractivity contribution in [3.63, 3.8) is 0 Å². The van der Waals surface area contributed by atoms with Crippen molar-refractivity contribution in [2.24, 2.45) is 5.92 Å². The van der Waals surface area contributed by atoms with Gasteiger partial charge in [0.15, 0.2) is 0 Å². The third-order valence-electron chi connectivity index (χ3n) is 4.05. The van der Waals surface area contributed by atoms with Crippen LogP contribution >= 0.6 is 0 Å². The quantitative estimate of drug-likeness (QED) is 0.864. The van der Waals surface area contributed by atoms with Crippen LogP contribution in [0.15, 0.2) is 30.3 Å². The van der Waals surface area contributed by atoms with Crippen LogP contribution in [0.2, 0.25) is 0 Å². The first-order valence-corrected chi connectivity index (χ1v) is 7.93. The van der Waals surface area contributed by atoms with Gasteiger partial charge in [-0.3, -0.25) is 9.59 Å². The minimum absolute atomic E-state index is 0.107. The third kappa shape index (κ3) is 5.54. The molecule has 1 aromatic carbocycles. The Balaban J connectivity index is 1.79. The molecule has 1 aliphatic rings. The lowest BCUT2D eigenvalue weighted by atomic mass is 10.0. The number of benzene rings is 1. The Morgan fingerprint density at radius 1 is 1.33 bits per heavy atom. The Kier molecular flexibility index (Phi) is 5.85. The smallest absolute Gasteiger partial charge is 0.353 e. The first-order valence-electron chi connectivity index (χ1n) is 7.93. The van der Waals surface area contributed by atoms with Crippen molar-refractivity contribution in [2.45, 2.75) is 38.4 Å². The van der Waals surface area contributed by atoms with Crippen LogP contribution in [0.4, 0.5) is 13.2 Å². The number of alkyl halides is 3. The van der Waals surface area contributed by atoms with E-state index in [1.165, 1.54) is 0 Å². The molecular formula is C17H21F3N2O2. The summed E-state index contributed by atoms with van der Waals surface area (Å²) >= 11 is 0. The van der Waals surface area contributed by atoms with Gasteiger partial charge in [0, 0.05) is 19.0 Å². The SMILES string of the molecule is C[C@H](CCc1ccccc1)NC(=O)[C@@H]1CC(=O)N(CC(F)(F)F)C1. The van der Waals surface area contributed by atoms with Crippen LogP contribution in [0.5, 0.6) is 0 Å². The van der Waals surface area contributed by atoms with Crippen molar-refractivity contribution in [1.29, 1.82) is 0 Å². The van der Waals surface area contributed by atoms with Crippen LogP contribution in [-0.2, 0) is 16.0 Å². The van der Waals surface area contributed by atoms with E-state index >= 15 is 0 Å². The maximum Gasteiger partial charge on any atom is 0.406 e. The number of amides is 2. The molecular weight excluding hydrogens is 321 g/mol. The Labute approximate surface area is 139 Å². The van der Waals surface area contributed by atoms with Gasteiger partial charge >= 0.3 is 6.18 Å². The highest BCUT2D eigenvalue weighted by molar-refractivity contribution is 5.89. The summed E-state index contributed by atoms with van der Waals surface area (Å²) in [5.41, 5.74) is 1.16. The molecule has 24 heavy (non-hydrogen) atoms. The van der Waals surface area contributed by atoms with Crippen LogP contribution < -0.4 is 5.32 Å². The summed E-state index contributed by atoms with van der Waals surface area (Å²) in [5.74, 6) is -1.68. The van der Waals surface area contributed by atoms with Crippen molar-refractivity contribution in [2.75, 3.05) is 13.1 Å². The van der Waals surface area contributed by atoms with Crippen molar-refractivity contribution in [3.8, 4) is 0 Å². The number of nitrogens with zero attached hydrogens (tertiary/aromatic N) is 1. The largest absolute Gasteiger partial charge is 0.406 e. The van der Waals surface area contributed by atoms with Crippen LogP contribution in [0, 0.1) is 5.92 Å². The van der Waals surface area contributed by atoms with E-state index in [1.807, 2.05) is 37.3 Å². The van der Waals surface area contributed by atoms with E-state index in [9.17, 15) is 22.8 Å². The molecule has 1 fully saturated rings. The van der Waals surface area contributed by atoms with Gasteiger partial charge in [-0.1, -0.05) is 30.3 Å². The van der Waals surface area contributed by atoms with Crippen molar-refractivity contribution in [3.05, 3.63) is 35.9 Å². The average molecular weight is 342 g/mol. The Morgan fingerprint density at radius 2 is 2.00 bits per heavy atom. The van der Waals surface area contributed by atoms with Crippen molar-refractivity contribution in [1.82, 2.24) is 10.2 Å². The second-order valence-corrected chi connectivity index (χ2v) is 6.22. The molecule has 1 saturated heterocycles. The highest BCUT2D eigenvalue weighted by Crippen LogP contribution is 2.24. The molecule has 0 saturated carbocycles. The molecule has 0 spiro atoms. The first kappa shape index (κ1) is 18.3. The standard InChI is InChI=1S/C17H21F3N2O2/c1-12(7-8-13-5-3-2-4-6-13)21-16(24)14-9-15(23)22(10-14)11-17(18,19)20/h2-6,12,14H,7-11H2,1H3,(H,21,24)/t12-,14-/m1/s1. The van der Waals surface area contributed by atoms with Gasteiger partial charge in [-0.25, -0.2) is 0 Å². The first-order chi connectivity index (χ1) is 11.2. The predicted octanol–water partition coefficient (Wildman–Crippen LogP) is 2.53. The highest BCUT2D eigenvalue weighted by atomic mass is 19.4. The van der Waals surface area contributed by atoms with Gasteiger partial charge in [-0.2, -0.15) is 13.2 Å². The summed E-state index contributed by atoms with van der Waals surface area (Å²) in [6, 6.07) is 9.71. The van der Waals surface area contributed by atoms with E-state index < -0.39 is 24.5 Å². The molecule has 1 N–H and O–H groups in total. The predicted molar refractivity (Wildman–Crippen MR) is 83.1 cm³/mol. The van der Waals surface area contributed by atoms with Gasteiger partial charge < -0.3 is 10.2 Å². The number of aryl methyl sites for hydroxylation is 1. The highest BCUT2D eigenvalue weighted by Gasteiger charge is 2.40. The molecule has 132 valence electrons. The zero-order valence-electron chi connectivity index (χ0n) is 13.5. The van der Waals surface area contributed by atoms with Gasteiger partial charge in [-0.15, -0.1) is 0 Å². The molecule has 0 bridgehead atoms. The van der Waals surface area contributed by atoms with Crippen molar-refractivity contribution >= 4 is 11.8 Å². The Morgan fingerprint density at radius 3 is 2.62 bits per heavy atom. The number of hydrogen-bond donors (Lipinski definition) is 1. The average Bonchev–Trinajstić information content (AvgIpc) is 2.85. The zero-order valence-corrected chi connectivity index (χ0v) is 13.5. The zero-order chi connectivity index (χ0) is 17.7. The Bertz CT molecular complexity index is 575. The van der Waals surface area contributed by atoms with E-state index in [4.69, 9.17) is 0 Å². The summed E-state index contributed by atoms with van der Waals surface area (Å²) in [5, 5.41) is 2.80. The second kappa shape index (κ2) is 7.68. The molecule has 1 heterocycles. The minimum Gasteiger partial charge on any atom is -0.353 e. The number of rotatable bonds is 6. The van der Waals surface area contributed by atoms with E-state index in [1.54, 1.807) is 0 Å². The van der Waals surface area contributed by atoms with Gasteiger partial charge in [0.05, 0.1) is 5.92 Å². The number of halogens is 3. The molecule has 1 aliphatic heterocycles. The molecule has 2 amide bonds. The van der Waals surface area contributed by atoms with E-state index in [0.717, 1.165) is 18.4 Å². The molecule has 0 unspecified atom stereocenters. The molecule has 4 nitrogen and oxygen atoms in total. The fourth-order valence-electron chi connectivity index (χ4n) is 2.78. The lowest BCUT2D eigenvalue weighted by molar-refractivity contribution is -0.157. The molecule has 0 radical (unpaired) electrons. The summed E-state index contributed by atoms with van der Waals surface area (Å²) in [7, 11) is 0. The number of carbonyl (C=O) groups is 2. The van der Waals surface area contributed by atoms with Gasteiger partial charge in [0.25, 0.3) is 0 Å². The molecule has 0 aliphatic carbocycles. The molecule has 1 aromatic rings. The lowest BCUT2D eigenvalue weighted by Crippen LogP contribution is -2.40. The maximum absolute atomic E-state index is 12.4. The lowest BCUT2D eigenvalue weighted by Gasteiger charge is -2.19. The molecule has 2 rings (SSSR count). The van der Waals surface area contributed by atoms with Crippen LogP contribution in [-0.4, -0.2) is 42.0 Å². The second-order valence-electron chi connectivity index (χ2n) is 6.22. The van der Waals surface area contributed by atoms with E-state index in [-0.39, 0.29) is 24.9 Å². The number of likely N-dealkylation sites (tertiary alicyclic amines) is 1. The molecule has 2 atom stereocenters. The van der Waals surface area contributed by atoms with Crippen LogP contribution in [0.1, 0.15) is 25.3 Å². The monoisotopic (exact) mass is 342 g/mol. The number of hydrogen-bond acceptors (Lipinski definition) is 2. The van der Waals surface area contributed by atoms with Gasteiger partial charge in [0.1, 0.15) is 6.54 Å². The topological polar surface area (TPSA) is 49.4 Å². The normalized spacial score (nSPS) is 19.4. The van der Waals surface area contributed by atoms with Crippen LogP contribution in [0.3, 0.4) is 0 Å². The van der Waals surface area contributed by atoms with E-state index in [2.05, 4.69) is 5.32 Å². The number of carbonyl (C=O) groups excluding carboxylic acids is 2. The summed E-state index contributed by atoms with van der Waals surface area (Å²) in [4.78, 5) is 24.5. The summed E-state index contributed by atoms with van der Waals surface area (Å²) in [6.07, 6.45) is -3.08. The summed E-state index contributed by atoms with van der Waals surface area (Å²) < 4.78 is 37.2. The molecule has 0 aromatic heterocycles. The summed E-state index contributed by atoms with van der Waals surface area (Å²) in [6.45, 7) is 0.389. The third-order valence-corrected chi connectivity index (χ3v) is 4.05. The Hall–Kier alpha value is -2.05. The minimum atomic E-state index is -4.44. The number of nitrogens with one attached hydrogen (secondary N) is 1. The van der Waals surface area contributed by atoms with Gasteiger partial charge in [-0.05, 0) is 25.3 Å². The molecule has 7 heteroatoms. The van der Waals surface area contributed by atoms with Gasteiger partial charge in [0.2, 0.25) is 11.8 Å². The fourth-order valence-corrected chi connectivity index (χ4v) is 2.78. The van der Waals surface area contributed by atoms with Crippen LogP contribution in [0.25, 0.3) is 0 Å². The fraction of sp³-hybridized carbons (Fsp3) is 0.529.